The monoisotopic (exact) mass is 564 g/mol. The Balaban J connectivity index is 1.42. The number of nitrogens with one attached hydrogen (secondary N) is 2. The zero-order valence-corrected chi connectivity index (χ0v) is 23.0. The van der Waals surface area contributed by atoms with Crippen molar-refractivity contribution in [3.05, 3.63) is 95.0 Å². The summed E-state index contributed by atoms with van der Waals surface area (Å²) in [5.74, 6) is -0.798. The van der Waals surface area contributed by atoms with E-state index in [-0.39, 0.29) is 23.8 Å². The van der Waals surface area contributed by atoms with Gasteiger partial charge in [0.2, 0.25) is 5.91 Å². The van der Waals surface area contributed by atoms with Gasteiger partial charge in [-0.2, -0.15) is 0 Å². The zero-order valence-electron chi connectivity index (χ0n) is 21.4. The highest BCUT2D eigenvalue weighted by molar-refractivity contribution is 8.01. The fourth-order valence-corrected chi connectivity index (χ4v) is 6.02. The lowest BCUT2D eigenvalue weighted by Crippen LogP contribution is -2.47. The first-order valence-electron chi connectivity index (χ1n) is 12.7. The quantitative estimate of drug-likeness (QED) is 0.404. The molecule has 3 amide bonds. The van der Waals surface area contributed by atoms with Crippen molar-refractivity contribution >= 4 is 46.8 Å². The molecule has 0 bridgehead atoms. The first kappa shape index (κ1) is 27.1. The van der Waals surface area contributed by atoms with Crippen LogP contribution in [0, 0.1) is 0 Å². The molecular weight excluding hydrogens is 536 g/mol. The number of ether oxygens (including phenoxy) is 1. The minimum Gasteiger partial charge on any atom is -0.373 e. The van der Waals surface area contributed by atoms with Crippen molar-refractivity contribution in [3.63, 3.8) is 0 Å². The molecule has 3 aromatic carbocycles. The van der Waals surface area contributed by atoms with Crippen molar-refractivity contribution in [2.24, 2.45) is 0 Å². The molecule has 2 N–H and O–H groups in total. The van der Waals surface area contributed by atoms with Crippen molar-refractivity contribution < 1.29 is 19.1 Å². The lowest BCUT2D eigenvalue weighted by molar-refractivity contribution is -0.131. The second-order valence-electron chi connectivity index (χ2n) is 9.40. The molecule has 0 saturated carbocycles. The van der Waals surface area contributed by atoms with Gasteiger partial charge in [0.05, 0.1) is 17.7 Å². The second kappa shape index (κ2) is 12.1. The van der Waals surface area contributed by atoms with Crippen molar-refractivity contribution in [3.8, 4) is 0 Å². The lowest BCUT2D eigenvalue weighted by atomic mass is 9.97. The normalized spacial score (nSPS) is 20.1. The zero-order chi connectivity index (χ0) is 27.4. The predicted octanol–water partition coefficient (Wildman–Crippen LogP) is 3.81. The maximum Gasteiger partial charge on any atom is 0.265 e. The number of halogens is 1. The molecule has 2 saturated heterocycles. The number of carbonyl (C=O) groups excluding carboxylic acids is 3. The highest BCUT2D eigenvalue weighted by Gasteiger charge is 2.44. The van der Waals surface area contributed by atoms with E-state index in [1.165, 1.54) is 11.9 Å². The average Bonchev–Trinajstić information content (AvgIpc) is 3.22. The molecule has 2 aliphatic rings. The van der Waals surface area contributed by atoms with Crippen LogP contribution in [0.2, 0.25) is 5.02 Å². The fourth-order valence-electron chi connectivity index (χ4n) is 4.79. The summed E-state index contributed by atoms with van der Waals surface area (Å²) in [7, 11) is 0. The number of amides is 3. The number of thioether (sulfide) groups is 1. The van der Waals surface area contributed by atoms with Crippen molar-refractivity contribution in [1.29, 1.82) is 0 Å². The van der Waals surface area contributed by atoms with E-state index >= 15 is 0 Å². The molecule has 3 aromatic rings. The molecule has 0 aromatic heterocycles. The topological polar surface area (TPSA) is 91.0 Å². The third-order valence-corrected chi connectivity index (χ3v) is 8.36. The maximum absolute atomic E-state index is 13.7. The summed E-state index contributed by atoms with van der Waals surface area (Å²) in [5, 5.41) is 3.80. The van der Waals surface area contributed by atoms with E-state index in [4.69, 9.17) is 16.3 Å². The summed E-state index contributed by atoms with van der Waals surface area (Å²) in [6, 6.07) is 24.3. The summed E-state index contributed by atoms with van der Waals surface area (Å²) in [4.78, 5) is 41.0. The van der Waals surface area contributed by atoms with Gasteiger partial charge < -0.3 is 15.0 Å². The molecule has 202 valence electrons. The van der Waals surface area contributed by atoms with Crippen LogP contribution in [0.4, 0.5) is 5.69 Å². The number of carbonyl (C=O) groups is 3. The van der Waals surface area contributed by atoms with Gasteiger partial charge in [-0.05, 0) is 35.4 Å². The van der Waals surface area contributed by atoms with Crippen LogP contribution >= 0.6 is 23.4 Å². The molecule has 10 heteroatoms. The van der Waals surface area contributed by atoms with Gasteiger partial charge in [0.25, 0.3) is 11.8 Å². The highest BCUT2D eigenvalue weighted by Crippen LogP contribution is 2.37. The van der Waals surface area contributed by atoms with Crippen molar-refractivity contribution in [2.75, 3.05) is 31.1 Å². The number of rotatable bonds is 8. The summed E-state index contributed by atoms with van der Waals surface area (Å²) < 4.78 is 5.83. The van der Waals surface area contributed by atoms with Gasteiger partial charge in [0.15, 0.2) is 5.25 Å². The van der Waals surface area contributed by atoms with Gasteiger partial charge in [-0.1, -0.05) is 66.2 Å². The Bertz CT molecular complexity index is 1360. The van der Waals surface area contributed by atoms with Crippen LogP contribution in [-0.2, 0) is 19.1 Å². The summed E-state index contributed by atoms with van der Waals surface area (Å²) in [6.07, 6.45) is -0.127. The van der Waals surface area contributed by atoms with Crippen LogP contribution < -0.4 is 15.6 Å². The summed E-state index contributed by atoms with van der Waals surface area (Å²) in [5.41, 5.74) is 5.54. The van der Waals surface area contributed by atoms with E-state index in [0.717, 1.165) is 28.6 Å². The molecule has 2 fully saturated rings. The molecule has 3 atom stereocenters. The predicted molar refractivity (Wildman–Crippen MR) is 151 cm³/mol. The van der Waals surface area contributed by atoms with Gasteiger partial charge in [0.1, 0.15) is 6.04 Å². The van der Waals surface area contributed by atoms with Crippen LogP contribution in [0.15, 0.2) is 83.8 Å². The van der Waals surface area contributed by atoms with Crippen LogP contribution in [-0.4, -0.2) is 60.3 Å². The van der Waals surface area contributed by atoms with Crippen molar-refractivity contribution in [2.45, 2.75) is 29.2 Å². The second-order valence-corrected chi connectivity index (χ2v) is 11.0. The minimum atomic E-state index is -0.951. The van der Waals surface area contributed by atoms with E-state index in [9.17, 15) is 14.4 Å². The van der Waals surface area contributed by atoms with Gasteiger partial charge in [-0.15, -0.1) is 11.8 Å². The maximum atomic E-state index is 13.7. The van der Waals surface area contributed by atoms with Gasteiger partial charge in [0, 0.05) is 37.1 Å². The number of hydrogen-bond acceptors (Lipinski definition) is 6. The van der Waals surface area contributed by atoms with E-state index in [2.05, 4.69) is 15.6 Å². The average molecular weight is 565 g/mol. The summed E-state index contributed by atoms with van der Waals surface area (Å²) in [6.45, 7) is 3.79. The molecule has 2 heterocycles. The number of nitrogens with zero attached hydrogens (tertiary/aromatic N) is 2. The molecule has 0 spiro atoms. The molecule has 3 unspecified atom stereocenters. The van der Waals surface area contributed by atoms with Crippen molar-refractivity contribution in [1.82, 2.24) is 15.8 Å². The third kappa shape index (κ3) is 6.21. The Hall–Kier alpha value is -3.53. The molecular formula is C29H29ClN4O4S. The molecule has 8 nitrogen and oxygen atoms in total. The van der Waals surface area contributed by atoms with Gasteiger partial charge >= 0.3 is 0 Å². The van der Waals surface area contributed by atoms with E-state index < -0.39 is 11.3 Å². The molecule has 2 aliphatic heterocycles. The van der Waals surface area contributed by atoms with Crippen LogP contribution in [0.3, 0.4) is 0 Å². The van der Waals surface area contributed by atoms with E-state index in [0.29, 0.717) is 36.2 Å². The Morgan fingerprint density at radius 2 is 1.82 bits per heavy atom. The highest BCUT2D eigenvalue weighted by atomic mass is 35.5. The summed E-state index contributed by atoms with van der Waals surface area (Å²) >= 11 is 7.46. The number of anilines is 1. The lowest BCUT2D eigenvalue weighted by Gasteiger charge is -2.35. The Morgan fingerprint density at radius 3 is 2.59 bits per heavy atom. The molecule has 0 radical (unpaired) electrons. The van der Waals surface area contributed by atoms with E-state index in [1.807, 2.05) is 66.7 Å². The van der Waals surface area contributed by atoms with Gasteiger partial charge in [-0.25, -0.2) is 5.01 Å². The number of hydrogen-bond donors (Lipinski definition) is 2. The smallest absolute Gasteiger partial charge is 0.265 e. The third-order valence-electron chi connectivity index (χ3n) is 6.65. The van der Waals surface area contributed by atoms with Crippen LogP contribution in [0.1, 0.15) is 24.1 Å². The van der Waals surface area contributed by atoms with Gasteiger partial charge in [-0.3, -0.25) is 19.8 Å². The molecule has 5 rings (SSSR count). The number of benzene rings is 3. The van der Waals surface area contributed by atoms with E-state index in [1.54, 1.807) is 12.1 Å². The number of hydrazine groups is 1. The van der Waals surface area contributed by atoms with Crippen LogP contribution in [0.25, 0.3) is 0 Å². The minimum absolute atomic E-state index is 0.0910. The van der Waals surface area contributed by atoms with Crippen LogP contribution in [0.5, 0.6) is 0 Å². The Labute approximate surface area is 236 Å². The Morgan fingerprint density at radius 1 is 1.08 bits per heavy atom. The first-order valence-corrected chi connectivity index (χ1v) is 14.0. The largest absolute Gasteiger partial charge is 0.373 e. The molecule has 39 heavy (non-hydrogen) atoms. The fraction of sp³-hybridized carbons (Fsp3) is 0.276. The SMILES string of the molecule is CC(=O)NCC1CN(c2cccc(C(c3ccccc3)N3NC(=O)C(Sc4ccccc4Cl)C3=O)c2)CCO1. The molecule has 0 aliphatic carbocycles. The number of morpholine rings is 1. The Kier molecular flexibility index (Phi) is 8.40. The first-order chi connectivity index (χ1) is 18.9. The standard InChI is InChI=1S/C29H29ClN4O4S/c1-19(35)31-17-23-18-33(14-15-38-23)22-11-7-10-21(16-22)26(20-8-3-2-4-9-20)34-29(37)27(28(36)32-34)39-25-13-6-5-12-24(25)30/h2-13,16,23,26-27H,14-15,17-18H2,1H3,(H,31,35)(H,32,36).